The molecule has 2 aromatic carbocycles. The van der Waals surface area contributed by atoms with Gasteiger partial charge in [0.05, 0.1) is 22.1 Å². The number of sulfonamides is 1. The van der Waals surface area contributed by atoms with Crippen LogP contribution in [0.5, 0.6) is 5.75 Å². The Morgan fingerprint density at radius 1 is 1.15 bits per heavy atom. The number of amides is 1. The van der Waals surface area contributed by atoms with Gasteiger partial charge in [0, 0.05) is 31.9 Å². The maximum atomic E-state index is 13.0. The van der Waals surface area contributed by atoms with Gasteiger partial charge >= 0.3 is 0 Å². The fourth-order valence-electron chi connectivity index (χ4n) is 2.98. The van der Waals surface area contributed by atoms with Gasteiger partial charge in [-0.1, -0.05) is 29.3 Å². The lowest BCUT2D eigenvalue weighted by atomic mass is 10.1. The number of fused-ring (bicyclic) bond motifs is 1. The molecule has 0 aliphatic carbocycles. The summed E-state index contributed by atoms with van der Waals surface area (Å²) in [6.07, 6.45) is 0.640. The molecule has 1 aliphatic rings. The van der Waals surface area contributed by atoms with E-state index in [4.69, 9.17) is 27.9 Å². The third-order valence-electron chi connectivity index (χ3n) is 4.43. The Morgan fingerprint density at radius 2 is 1.78 bits per heavy atom. The Morgan fingerprint density at radius 3 is 2.33 bits per heavy atom. The second-order valence-corrected chi connectivity index (χ2v) is 9.22. The van der Waals surface area contributed by atoms with Gasteiger partial charge in [0.1, 0.15) is 0 Å². The van der Waals surface area contributed by atoms with Gasteiger partial charge in [0.25, 0.3) is 5.91 Å². The fourth-order valence-corrected chi connectivity index (χ4v) is 4.54. The fraction of sp³-hybridized carbons (Fsp3) is 0.278. The maximum Gasteiger partial charge on any atom is 0.258 e. The van der Waals surface area contributed by atoms with Crippen LogP contribution in [0.15, 0.2) is 35.2 Å². The van der Waals surface area contributed by atoms with E-state index in [0.717, 1.165) is 9.87 Å². The lowest BCUT2D eigenvalue weighted by molar-refractivity contribution is 0.0989. The summed E-state index contributed by atoms with van der Waals surface area (Å²) in [7, 11) is 0.775. The van der Waals surface area contributed by atoms with Crippen LogP contribution in [0, 0.1) is 0 Å². The van der Waals surface area contributed by atoms with Gasteiger partial charge in [-0.3, -0.25) is 4.79 Å². The minimum atomic E-state index is -3.60. The Hall–Kier alpha value is -1.80. The van der Waals surface area contributed by atoms with Gasteiger partial charge in [0.15, 0.2) is 5.75 Å². The third kappa shape index (κ3) is 3.52. The Kier molecular flexibility index (Phi) is 5.40. The lowest BCUT2D eigenvalue weighted by Crippen LogP contribution is -2.29. The number of ether oxygens (including phenoxy) is 1. The van der Waals surface area contributed by atoms with E-state index in [0.29, 0.717) is 30.0 Å². The molecule has 0 atom stereocenters. The molecule has 0 fully saturated rings. The standard InChI is InChI=1S/C18H18Cl2N2O4S/c1-21(2)27(24,25)13-5-4-11-6-7-22(16(11)10-13)18(23)12-8-14(19)17(26-3)15(20)9-12/h4-5,8-10H,6-7H2,1-3H3. The first-order valence-electron chi connectivity index (χ1n) is 8.07. The van der Waals surface area contributed by atoms with Crippen molar-refractivity contribution in [3.63, 3.8) is 0 Å². The van der Waals surface area contributed by atoms with E-state index in [-0.39, 0.29) is 20.8 Å². The number of carbonyl (C=O) groups excluding carboxylic acids is 1. The predicted octanol–water partition coefficient (Wildman–Crippen LogP) is 3.46. The summed E-state index contributed by atoms with van der Waals surface area (Å²) >= 11 is 12.3. The number of carbonyl (C=O) groups is 1. The van der Waals surface area contributed by atoms with Crippen LogP contribution in [0.1, 0.15) is 15.9 Å². The zero-order chi connectivity index (χ0) is 19.9. The highest BCUT2D eigenvalue weighted by atomic mass is 35.5. The summed E-state index contributed by atoms with van der Waals surface area (Å²) in [6.45, 7) is 0.445. The van der Waals surface area contributed by atoms with E-state index >= 15 is 0 Å². The van der Waals surface area contributed by atoms with Crippen LogP contribution in [-0.2, 0) is 16.4 Å². The Labute approximate surface area is 168 Å². The first kappa shape index (κ1) is 19.9. The number of benzene rings is 2. The van der Waals surface area contributed by atoms with Crippen molar-refractivity contribution >= 4 is 44.8 Å². The first-order valence-corrected chi connectivity index (χ1v) is 10.3. The molecule has 1 aliphatic heterocycles. The summed E-state index contributed by atoms with van der Waals surface area (Å²) in [5, 5.41) is 0.466. The number of anilines is 1. The van der Waals surface area contributed by atoms with Gasteiger partial charge in [-0.25, -0.2) is 12.7 Å². The SMILES string of the molecule is COc1c(Cl)cc(C(=O)N2CCc3ccc(S(=O)(=O)N(C)C)cc32)cc1Cl. The number of halogens is 2. The summed E-state index contributed by atoms with van der Waals surface area (Å²) in [5.41, 5.74) is 1.79. The first-order chi connectivity index (χ1) is 12.7. The van der Waals surface area contributed by atoms with Crippen molar-refractivity contribution in [2.75, 3.05) is 32.6 Å². The second kappa shape index (κ2) is 7.31. The molecule has 0 radical (unpaired) electrons. The average molecular weight is 429 g/mol. The molecule has 0 spiro atoms. The van der Waals surface area contributed by atoms with Crippen LogP contribution >= 0.6 is 23.2 Å². The van der Waals surface area contributed by atoms with Gasteiger partial charge in [-0.05, 0) is 36.2 Å². The van der Waals surface area contributed by atoms with Crippen molar-refractivity contribution in [2.24, 2.45) is 0 Å². The molecule has 0 unspecified atom stereocenters. The van der Waals surface area contributed by atoms with Gasteiger partial charge in [0.2, 0.25) is 10.0 Å². The monoisotopic (exact) mass is 428 g/mol. The maximum absolute atomic E-state index is 13.0. The number of hydrogen-bond acceptors (Lipinski definition) is 4. The summed E-state index contributed by atoms with van der Waals surface area (Å²) in [6, 6.07) is 7.82. The van der Waals surface area contributed by atoms with Crippen LogP contribution in [-0.4, -0.2) is 46.4 Å². The summed E-state index contributed by atoms with van der Waals surface area (Å²) < 4.78 is 31.1. The summed E-state index contributed by atoms with van der Waals surface area (Å²) in [5.74, 6) is -0.00401. The molecule has 6 nitrogen and oxygen atoms in total. The van der Waals surface area contributed by atoms with Gasteiger partial charge < -0.3 is 9.64 Å². The van der Waals surface area contributed by atoms with Gasteiger partial charge in [-0.2, -0.15) is 0 Å². The normalized spacial score (nSPS) is 13.8. The quantitative estimate of drug-likeness (QED) is 0.747. The van der Waals surface area contributed by atoms with Crippen LogP contribution in [0.3, 0.4) is 0 Å². The molecule has 0 N–H and O–H groups in total. The zero-order valence-corrected chi connectivity index (χ0v) is 17.3. The molecule has 9 heteroatoms. The van der Waals surface area contributed by atoms with Crippen molar-refractivity contribution < 1.29 is 17.9 Å². The van der Waals surface area contributed by atoms with Crippen LogP contribution in [0.2, 0.25) is 10.0 Å². The lowest BCUT2D eigenvalue weighted by Gasteiger charge is -2.20. The van der Waals surface area contributed by atoms with E-state index in [1.165, 1.54) is 39.4 Å². The van der Waals surface area contributed by atoms with Crippen molar-refractivity contribution in [1.82, 2.24) is 4.31 Å². The molecule has 1 amide bonds. The summed E-state index contributed by atoms with van der Waals surface area (Å²) in [4.78, 5) is 14.7. The molecule has 0 saturated heterocycles. The van der Waals surface area contributed by atoms with Crippen LogP contribution < -0.4 is 9.64 Å². The molecular formula is C18H18Cl2N2O4S. The van der Waals surface area contributed by atoms with E-state index < -0.39 is 10.0 Å². The molecule has 3 rings (SSSR count). The van der Waals surface area contributed by atoms with Crippen molar-refractivity contribution in [1.29, 1.82) is 0 Å². The molecule has 0 aromatic heterocycles. The molecule has 1 heterocycles. The molecule has 2 aromatic rings. The Bertz CT molecular complexity index is 999. The second-order valence-electron chi connectivity index (χ2n) is 6.26. The topological polar surface area (TPSA) is 66.9 Å². The van der Waals surface area contributed by atoms with E-state index in [9.17, 15) is 13.2 Å². The highest BCUT2D eigenvalue weighted by Crippen LogP contribution is 2.36. The largest absolute Gasteiger partial charge is 0.494 e. The minimum absolute atomic E-state index is 0.136. The number of methoxy groups -OCH3 is 1. The minimum Gasteiger partial charge on any atom is -0.494 e. The van der Waals surface area contributed by atoms with Crippen molar-refractivity contribution in [3.05, 3.63) is 51.5 Å². The molecule has 0 bridgehead atoms. The van der Waals surface area contributed by atoms with Crippen LogP contribution in [0.4, 0.5) is 5.69 Å². The molecule has 0 saturated carbocycles. The van der Waals surface area contributed by atoms with E-state index in [1.807, 2.05) is 0 Å². The average Bonchev–Trinajstić information content (AvgIpc) is 3.03. The third-order valence-corrected chi connectivity index (χ3v) is 6.80. The van der Waals surface area contributed by atoms with Crippen molar-refractivity contribution in [2.45, 2.75) is 11.3 Å². The molecule has 144 valence electrons. The number of rotatable bonds is 4. The number of hydrogen-bond donors (Lipinski definition) is 0. The van der Waals surface area contributed by atoms with Gasteiger partial charge in [-0.15, -0.1) is 0 Å². The van der Waals surface area contributed by atoms with E-state index in [2.05, 4.69) is 0 Å². The molecular weight excluding hydrogens is 411 g/mol. The zero-order valence-electron chi connectivity index (χ0n) is 15.0. The van der Waals surface area contributed by atoms with E-state index in [1.54, 1.807) is 17.0 Å². The smallest absolute Gasteiger partial charge is 0.258 e. The number of nitrogens with zero attached hydrogens (tertiary/aromatic N) is 2. The predicted molar refractivity (Wildman–Crippen MR) is 106 cm³/mol. The molecule has 27 heavy (non-hydrogen) atoms. The van der Waals surface area contributed by atoms with Crippen LogP contribution in [0.25, 0.3) is 0 Å². The van der Waals surface area contributed by atoms with Crippen molar-refractivity contribution in [3.8, 4) is 5.75 Å². The highest BCUT2D eigenvalue weighted by Gasteiger charge is 2.29. The highest BCUT2D eigenvalue weighted by molar-refractivity contribution is 7.89. The Balaban J connectivity index is 2.01.